The summed E-state index contributed by atoms with van der Waals surface area (Å²) < 4.78 is 40.9. The van der Waals surface area contributed by atoms with Gasteiger partial charge < -0.3 is 30.0 Å². The number of carboxylic acid groups (broad SMARTS) is 1. The lowest BCUT2D eigenvalue weighted by Crippen LogP contribution is -2.58. The molecular weight excluding hydrogens is 646 g/mol. The highest BCUT2D eigenvalue weighted by Crippen LogP contribution is 2.51. The normalized spacial score (nSPS) is 23.9. The molecule has 1 saturated carbocycles. The highest BCUT2D eigenvalue weighted by atomic mass is 32.2. The molecule has 2 N–H and O–H groups in total. The van der Waals surface area contributed by atoms with Crippen LogP contribution in [0.1, 0.15) is 37.7 Å². The van der Waals surface area contributed by atoms with E-state index in [1.807, 2.05) is 18.2 Å². The molecule has 2 amide bonds. The lowest BCUT2D eigenvalue weighted by Gasteiger charge is -2.52. The van der Waals surface area contributed by atoms with Crippen molar-refractivity contribution in [1.29, 1.82) is 0 Å². The minimum absolute atomic E-state index is 0.0794. The number of piperidine rings is 1. The molecule has 266 valence electrons. The molecule has 2 aromatic rings. The van der Waals surface area contributed by atoms with Crippen LogP contribution in [0.2, 0.25) is 0 Å². The zero-order chi connectivity index (χ0) is 34.9. The molecule has 6 rings (SSSR count). The quantitative estimate of drug-likeness (QED) is 0.320. The number of rotatable bonds is 12. The third-order valence-electron chi connectivity index (χ3n) is 11.5. The first-order chi connectivity index (χ1) is 23.4. The van der Waals surface area contributed by atoms with Gasteiger partial charge in [-0.1, -0.05) is 25.1 Å². The van der Waals surface area contributed by atoms with E-state index in [1.54, 1.807) is 24.3 Å². The Morgan fingerprint density at radius 2 is 1.73 bits per heavy atom. The molecule has 0 radical (unpaired) electrons. The van der Waals surface area contributed by atoms with Gasteiger partial charge in [0.1, 0.15) is 11.1 Å². The van der Waals surface area contributed by atoms with E-state index in [1.165, 1.54) is 17.0 Å². The fourth-order valence-electron chi connectivity index (χ4n) is 9.17. The maximum absolute atomic E-state index is 14.8. The maximum atomic E-state index is 14.8. The summed E-state index contributed by atoms with van der Waals surface area (Å²) >= 11 is 0. The molecule has 1 aliphatic carbocycles. The Morgan fingerprint density at radius 1 is 1.04 bits per heavy atom. The van der Waals surface area contributed by atoms with E-state index in [0.29, 0.717) is 5.92 Å². The number of hydrogen-bond acceptors (Lipinski definition) is 7. The number of nitrogens with one attached hydrogen (secondary N) is 1. The second-order valence-electron chi connectivity index (χ2n) is 14.8. The molecule has 4 fully saturated rings. The summed E-state index contributed by atoms with van der Waals surface area (Å²) in [6.45, 7) is 9.29. The first-order valence-electron chi connectivity index (χ1n) is 17.5. The Morgan fingerprint density at radius 3 is 2.35 bits per heavy atom. The minimum Gasteiger partial charge on any atom is -0.465 e. The predicted octanol–water partition coefficient (Wildman–Crippen LogP) is 4.08. The van der Waals surface area contributed by atoms with Gasteiger partial charge in [-0.2, -0.15) is 0 Å². The highest BCUT2D eigenvalue weighted by Gasteiger charge is 2.52. The smallest absolute Gasteiger partial charge is 0.404 e. The first kappa shape index (κ1) is 35.3. The van der Waals surface area contributed by atoms with Crippen molar-refractivity contribution in [1.82, 2.24) is 20.0 Å². The molecule has 12 heteroatoms. The van der Waals surface area contributed by atoms with Gasteiger partial charge in [0.2, 0.25) is 5.91 Å². The molecule has 3 aliphatic heterocycles. The number of sulfone groups is 1. The van der Waals surface area contributed by atoms with Crippen molar-refractivity contribution >= 4 is 27.5 Å². The van der Waals surface area contributed by atoms with Gasteiger partial charge in [0.15, 0.2) is 9.84 Å². The molecule has 0 bridgehead atoms. The van der Waals surface area contributed by atoms with E-state index in [0.717, 1.165) is 82.6 Å². The second kappa shape index (κ2) is 14.4. The number of anilines is 1. The third kappa shape index (κ3) is 7.23. The van der Waals surface area contributed by atoms with Gasteiger partial charge in [-0.3, -0.25) is 4.79 Å². The van der Waals surface area contributed by atoms with Crippen molar-refractivity contribution in [3.05, 3.63) is 72.6 Å². The Hall–Kier alpha value is -3.48. The molecule has 10 nitrogen and oxygen atoms in total. The molecule has 3 atom stereocenters. The van der Waals surface area contributed by atoms with Crippen LogP contribution in [0.25, 0.3) is 0 Å². The molecule has 0 spiro atoms. The van der Waals surface area contributed by atoms with Crippen LogP contribution in [0, 0.1) is 23.6 Å². The summed E-state index contributed by atoms with van der Waals surface area (Å²) in [6.07, 6.45) is 4.81. The van der Waals surface area contributed by atoms with E-state index in [4.69, 9.17) is 0 Å². The van der Waals surface area contributed by atoms with Gasteiger partial charge in [-0.05, 0) is 113 Å². The number of amides is 2. The summed E-state index contributed by atoms with van der Waals surface area (Å²) in [6, 6.07) is 14.0. The van der Waals surface area contributed by atoms with Crippen molar-refractivity contribution in [3.8, 4) is 0 Å². The van der Waals surface area contributed by atoms with Crippen molar-refractivity contribution < 1.29 is 27.5 Å². The first-order valence-corrected chi connectivity index (χ1v) is 19.1. The lowest BCUT2D eigenvalue weighted by molar-refractivity contribution is -0.129. The van der Waals surface area contributed by atoms with Crippen molar-refractivity contribution in [2.45, 2.75) is 53.7 Å². The summed E-state index contributed by atoms with van der Waals surface area (Å²) in [5, 5.41) is 11.9. The third-order valence-corrected chi connectivity index (χ3v) is 13.6. The van der Waals surface area contributed by atoms with E-state index in [-0.39, 0.29) is 53.0 Å². The summed E-state index contributed by atoms with van der Waals surface area (Å²) in [4.78, 5) is 32.3. The number of carbonyl (C=O) groups excluding carboxylic acids is 1. The van der Waals surface area contributed by atoms with Crippen LogP contribution in [0.5, 0.6) is 0 Å². The van der Waals surface area contributed by atoms with Crippen molar-refractivity contribution in [3.63, 3.8) is 0 Å². The van der Waals surface area contributed by atoms with Crippen molar-refractivity contribution in [2.24, 2.45) is 17.8 Å². The number of hydrogen-bond donors (Lipinski definition) is 2. The Balaban J connectivity index is 1.07. The lowest BCUT2D eigenvalue weighted by atomic mass is 9.58. The number of benzene rings is 2. The van der Waals surface area contributed by atoms with Crippen LogP contribution < -0.4 is 10.2 Å². The number of likely N-dealkylation sites (tertiary alicyclic amines) is 2. The van der Waals surface area contributed by atoms with E-state index in [2.05, 4.69) is 40.7 Å². The maximum Gasteiger partial charge on any atom is 0.404 e. The standard InChI is InChI=1S/C37H50FN5O5S/c1-4-35(44)43-23-32(24-43)49(47,48)31-13-11-30(12-14-31)42-21-26(22-42)20-41-17-15-27(16-18-41)37(25-40(2)3,28-7-5-8-29(38)19-28)33-9-6-10-34(33)39-36(45)46/h4-5,7-8,11-14,19,26-27,32-34,39H,1,6,9-10,15-18,20-25H2,2-3H3,(H,45,46)/t33-,34-,37?/m0/s1. The van der Waals surface area contributed by atoms with Crippen LogP contribution >= 0.6 is 0 Å². The number of nitrogens with zero attached hydrogens (tertiary/aromatic N) is 4. The van der Waals surface area contributed by atoms with Crippen LogP contribution in [-0.4, -0.2) is 118 Å². The topological polar surface area (TPSA) is 114 Å². The van der Waals surface area contributed by atoms with Crippen molar-refractivity contribution in [2.75, 3.05) is 71.4 Å². The molecule has 3 heterocycles. The molecular formula is C37H50FN5O5S. The summed E-state index contributed by atoms with van der Waals surface area (Å²) in [5.74, 6) is 0.379. The van der Waals surface area contributed by atoms with Gasteiger partial charge in [0.25, 0.3) is 0 Å². The average molecular weight is 696 g/mol. The monoisotopic (exact) mass is 695 g/mol. The van der Waals surface area contributed by atoms with Crippen LogP contribution in [-0.2, 0) is 20.0 Å². The van der Waals surface area contributed by atoms with E-state index >= 15 is 0 Å². The largest absolute Gasteiger partial charge is 0.465 e. The zero-order valence-corrected chi connectivity index (χ0v) is 29.5. The molecule has 0 aromatic heterocycles. The Bertz CT molecular complexity index is 1620. The number of likely N-dealkylation sites (N-methyl/N-ethyl adjacent to an activating group) is 1. The molecule has 1 unspecified atom stereocenters. The van der Waals surface area contributed by atoms with Crippen LogP contribution in [0.15, 0.2) is 66.1 Å². The Labute approximate surface area is 289 Å². The number of carbonyl (C=O) groups is 2. The van der Waals surface area contributed by atoms with Gasteiger partial charge in [-0.25, -0.2) is 17.6 Å². The number of halogens is 1. The summed E-state index contributed by atoms with van der Waals surface area (Å²) in [5.41, 5.74) is 1.61. The molecule has 49 heavy (non-hydrogen) atoms. The molecule has 2 aromatic carbocycles. The van der Waals surface area contributed by atoms with Gasteiger partial charge in [-0.15, -0.1) is 0 Å². The van der Waals surface area contributed by atoms with Crippen LogP contribution in [0.3, 0.4) is 0 Å². The zero-order valence-electron chi connectivity index (χ0n) is 28.6. The van der Waals surface area contributed by atoms with E-state index in [9.17, 15) is 27.5 Å². The molecule has 3 saturated heterocycles. The highest BCUT2D eigenvalue weighted by molar-refractivity contribution is 7.92. The average Bonchev–Trinajstić information content (AvgIpc) is 3.48. The summed E-state index contributed by atoms with van der Waals surface area (Å²) in [7, 11) is 0.617. The fraction of sp³-hybridized carbons (Fsp3) is 0.568. The Kier molecular flexibility index (Phi) is 10.4. The van der Waals surface area contributed by atoms with Crippen LogP contribution in [0.4, 0.5) is 14.9 Å². The second-order valence-corrected chi connectivity index (χ2v) is 17.1. The molecule has 4 aliphatic rings. The fourth-order valence-corrected chi connectivity index (χ4v) is 10.8. The minimum atomic E-state index is -3.50. The van der Waals surface area contributed by atoms with Gasteiger partial charge >= 0.3 is 6.09 Å². The van der Waals surface area contributed by atoms with E-state index < -0.39 is 21.2 Å². The predicted molar refractivity (Wildman–Crippen MR) is 188 cm³/mol. The SMILES string of the molecule is C=CC(=O)N1CC(S(=O)(=O)c2ccc(N3CC(CN4CCC(C(CN(C)C)(c5cccc(F)c5)[C@H]5CCC[C@@H]5NC(=O)O)CC4)C3)cc2)C1. The van der Waals surface area contributed by atoms with Gasteiger partial charge in [0.05, 0.1) is 4.90 Å². The van der Waals surface area contributed by atoms with Gasteiger partial charge in [0, 0.05) is 62.3 Å².